The molecule has 1 N–H and O–H groups in total. The molecule has 0 saturated carbocycles. The number of nitrogens with one attached hydrogen (secondary N) is 1. The molecular weight excluding hydrogens is 379 g/mol. The summed E-state index contributed by atoms with van der Waals surface area (Å²) < 4.78 is 5.23. The van der Waals surface area contributed by atoms with Gasteiger partial charge in [0, 0.05) is 58.0 Å². The second-order valence-electron chi connectivity index (χ2n) is 5.10. The van der Waals surface area contributed by atoms with Crippen molar-refractivity contribution in [3.05, 3.63) is 30.1 Å². The Morgan fingerprint density at radius 3 is 3.05 bits per heavy atom. The molecule has 5 nitrogen and oxygen atoms in total. The lowest BCUT2D eigenvalue weighted by Crippen LogP contribution is -2.41. The van der Waals surface area contributed by atoms with E-state index in [4.69, 9.17) is 4.74 Å². The van der Waals surface area contributed by atoms with Gasteiger partial charge in [-0.25, -0.2) is 0 Å². The maximum Gasteiger partial charge on any atom is 0.193 e. The Labute approximate surface area is 144 Å². The maximum absolute atomic E-state index is 5.23. The number of methoxy groups -OCH3 is 1. The zero-order chi connectivity index (χ0) is 14.2. The predicted molar refractivity (Wildman–Crippen MR) is 96.3 cm³/mol. The maximum atomic E-state index is 5.23. The molecule has 2 heterocycles. The SMILES string of the molecule is CN=C(NCCc1ccccn1)N1CCC(COC)C1.I. The lowest BCUT2D eigenvalue weighted by Gasteiger charge is -2.21. The number of guanidine groups is 1. The molecule has 2 rings (SSSR count). The van der Waals surface area contributed by atoms with Crippen LogP contribution < -0.4 is 5.32 Å². The number of halogens is 1. The van der Waals surface area contributed by atoms with Crippen LogP contribution in [0.2, 0.25) is 0 Å². The van der Waals surface area contributed by atoms with Crippen LogP contribution in [0.5, 0.6) is 0 Å². The molecule has 0 bridgehead atoms. The molecule has 0 radical (unpaired) electrons. The molecule has 0 amide bonds. The Hall–Kier alpha value is -0.890. The first-order chi connectivity index (χ1) is 9.83. The summed E-state index contributed by atoms with van der Waals surface area (Å²) in [5, 5.41) is 3.42. The molecule has 1 aliphatic heterocycles. The Bertz CT molecular complexity index is 427. The number of aliphatic imine (C=N–C) groups is 1. The van der Waals surface area contributed by atoms with Crippen LogP contribution in [0.15, 0.2) is 29.4 Å². The number of rotatable bonds is 5. The molecule has 21 heavy (non-hydrogen) atoms. The van der Waals surface area contributed by atoms with Gasteiger partial charge in [0.25, 0.3) is 0 Å². The third-order valence-electron chi connectivity index (χ3n) is 3.59. The summed E-state index contributed by atoms with van der Waals surface area (Å²) in [5.74, 6) is 1.61. The Balaban J connectivity index is 0.00000220. The number of aromatic nitrogens is 1. The second-order valence-corrected chi connectivity index (χ2v) is 5.10. The van der Waals surface area contributed by atoms with Gasteiger partial charge < -0.3 is 15.0 Å². The minimum absolute atomic E-state index is 0. The number of ether oxygens (including phenoxy) is 1. The molecule has 118 valence electrons. The highest BCUT2D eigenvalue weighted by molar-refractivity contribution is 14.0. The molecule has 0 aromatic carbocycles. The van der Waals surface area contributed by atoms with Gasteiger partial charge in [0.15, 0.2) is 5.96 Å². The van der Waals surface area contributed by atoms with Crippen LogP contribution >= 0.6 is 24.0 Å². The van der Waals surface area contributed by atoms with Gasteiger partial charge in [0.1, 0.15) is 0 Å². The standard InChI is InChI=1S/C15H24N4O.HI/c1-16-15(19-10-7-13(11-19)12-20-2)18-9-6-14-5-3-4-8-17-14;/h3-5,8,13H,6-7,9-12H2,1-2H3,(H,16,18);1H. The van der Waals surface area contributed by atoms with E-state index in [1.165, 1.54) is 6.42 Å². The molecular formula is C15H25IN4O. The fraction of sp³-hybridized carbons (Fsp3) is 0.600. The molecule has 1 aromatic heterocycles. The van der Waals surface area contributed by atoms with Gasteiger partial charge in [0.2, 0.25) is 0 Å². The van der Waals surface area contributed by atoms with Crippen LogP contribution in [0.25, 0.3) is 0 Å². The van der Waals surface area contributed by atoms with E-state index < -0.39 is 0 Å². The van der Waals surface area contributed by atoms with Crippen LogP contribution in [-0.4, -0.2) is 56.2 Å². The fourth-order valence-corrected chi connectivity index (χ4v) is 2.58. The topological polar surface area (TPSA) is 49.8 Å². The molecule has 1 unspecified atom stereocenters. The van der Waals surface area contributed by atoms with E-state index in [0.717, 1.165) is 44.3 Å². The number of likely N-dealkylation sites (tertiary alicyclic amines) is 1. The summed E-state index contributed by atoms with van der Waals surface area (Å²) in [7, 11) is 3.61. The van der Waals surface area contributed by atoms with Crippen molar-refractivity contribution < 1.29 is 4.74 Å². The quantitative estimate of drug-likeness (QED) is 0.462. The zero-order valence-electron chi connectivity index (χ0n) is 12.8. The van der Waals surface area contributed by atoms with E-state index in [0.29, 0.717) is 5.92 Å². The average Bonchev–Trinajstić information content (AvgIpc) is 2.94. The molecule has 1 saturated heterocycles. The summed E-state index contributed by atoms with van der Waals surface area (Å²) in [4.78, 5) is 11.0. The van der Waals surface area contributed by atoms with Crippen molar-refractivity contribution in [2.45, 2.75) is 12.8 Å². The van der Waals surface area contributed by atoms with E-state index in [9.17, 15) is 0 Å². The first-order valence-corrected chi connectivity index (χ1v) is 7.18. The van der Waals surface area contributed by atoms with Crippen LogP contribution in [0.1, 0.15) is 12.1 Å². The van der Waals surface area contributed by atoms with Crippen LogP contribution in [0, 0.1) is 5.92 Å². The van der Waals surface area contributed by atoms with Gasteiger partial charge >= 0.3 is 0 Å². The van der Waals surface area contributed by atoms with Gasteiger partial charge in [-0.2, -0.15) is 0 Å². The van der Waals surface area contributed by atoms with Crippen molar-refractivity contribution in [3.63, 3.8) is 0 Å². The van der Waals surface area contributed by atoms with Crippen molar-refractivity contribution in [3.8, 4) is 0 Å². The minimum atomic E-state index is 0. The summed E-state index contributed by atoms with van der Waals surface area (Å²) in [6, 6.07) is 6.01. The molecule has 1 atom stereocenters. The van der Waals surface area contributed by atoms with E-state index in [1.807, 2.05) is 25.4 Å². The lowest BCUT2D eigenvalue weighted by molar-refractivity contribution is 0.157. The van der Waals surface area contributed by atoms with E-state index in [2.05, 4.69) is 26.3 Å². The third-order valence-corrected chi connectivity index (χ3v) is 3.59. The highest BCUT2D eigenvalue weighted by Crippen LogP contribution is 2.16. The van der Waals surface area contributed by atoms with Gasteiger partial charge in [-0.3, -0.25) is 9.98 Å². The first kappa shape index (κ1) is 18.2. The third kappa shape index (κ3) is 5.78. The number of pyridine rings is 1. The van der Waals surface area contributed by atoms with Gasteiger partial charge in [-0.1, -0.05) is 6.07 Å². The molecule has 1 fully saturated rings. The summed E-state index contributed by atoms with van der Waals surface area (Å²) in [6.07, 6.45) is 3.92. The average molecular weight is 404 g/mol. The van der Waals surface area contributed by atoms with Crippen LogP contribution in [0.4, 0.5) is 0 Å². The smallest absolute Gasteiger partial charge is 0.193 e. The zero-order valence-corrected chi connectivity index (χ0v) is 15.1. The minimum Gasteiger partial charge on any atom is -0.384 e. The Morgan fingerprint density at radius 2 is 2.38 bits per heavy atom. The monoisotopic (exact) mass is 404 g/mol. The first-order valence-electron chi connectivity index (χ1n) is 7.18. The van der Waals surface area contributed by atoms with Crippen molar-refractivity contribution in [2.24, 2.45) is 10.9 Å². The second kappa shape index (κ2) is 9.94. The molecule has 1 aromatic rings. The lowest BCUT2D eigenvalue weighted by atomic mass is 10.1. The number of nitrogens with zero attached hydrogens (tertiary/aromatic N) is 3. The van der Waals surface area contributed by atoms with Crippen molar-refractivity contribution in [1.29, 1.82) is 0 Å². The Kier molecular flexibility index (Phi) is 8.60. The summed E-state index contributed by atoms with van der Waals surface area (Å²) in [5.41, 5.74) is 1.11. The van der Waals surface area contributed by atoms with E-state index in [1.54, 1.807) is 7.11 Å². The molecule has 0 aliphatic carbocycles. The van der Waals surface area contributed by atoms with E-state index in [-0.39, 0.29) is 24.0 Å². The largest absolute Gasteiger partial charge is 0.384 e. The van der Waals surface area contributed by atoms with Crippen LogP contribution in [0.3, 0.4) is 0 Å². The van der Waals surface area contributed by atoms with Crippen molar-refractivity contribution in [1.82, 2.24) is 15.2 Å². The number of hydrogen-bond donors (Lipinski definition) is 1. The number of hydrogen-bond acceptors (Lipinski definition) is 3. The van der Waals surface area contributed by atoms with Crippen molar-refractivity contribution >= 4 is 29.9 Å². The van der Waals surface area contributed by atoms with Gasteiger partial charge in [0.05, 0.1) is 6.61 Å². The van der Waals surface area contributed by atoms with Crippen molar-refractivity contribution in [2.75, 3.05) is 40.4 Å². The summed E-state index contributed by atoms with van der Waals surface area (Å²) in [6.45, 7) is 3.77. The highest BCUT2D eigenvalue weighted by Gasteiger charge is 2.24. The predicted octanol–water partition coefficient (Wildman–Crippen LogP) is 1.79. The molecule has 1 aliphatic rings. The Morgan fingerprint density at radius 1 is 1.52 bits per heavy atom. The molecule has 0 spiro atoms. The normalized spacial score (nSPS) is 18.5. The fourth-order valence-electron chi connectivity index (χ4n) is 2.58. The highest BCUT2D eigenvalue weighted by atomic mass is 127. The van der Waals surface area contributed by atoms with E-state index >= 15 is 0 Å². The van der Waals surface area contributed by atoms with Gasteiger partial charge in [-0.05, 0) is 18.6 Å². The summed E-state index contributed by atoms with van der Waals surface area (Å²) >= 11 is 0. The molecule has 6 heteroatoms. The van der Waals surface area contributed by atoms with Gasteiger partial charge in [-0.15, -0.1) is 24.0 Å². The van der Waals surface area contributed by atoms with Crippen LogP contribution in [-0.2, 0) is 11.2 Å².